The van der Waals surface area contributed by atoms with Gasteiger partial charge in [-0.3, -0.25) is 0 Å². The minimum absolute atomic E-state index is 0.404. The molecule has 0 saturated heterocycles. The average Bonchev–Trinajstić information content (AvgIpc) is 2.42. The Morgan fingerprint density at radius 3 is 2.53 bits per heavy atom. The van der Waals surface area contributed by atoms with Gasteiger partial charge in [-0.15, -0.1) is 0 Å². The van der Waals surface area contributed by atoms with Crippen LogP contribution in [0.2, 0.25) is 0 Å². The standard InChI is InChI=1S/C10H17F3N4/c1-4-17-9(8(14)7(3)16-17)15-6(2)5-10(11,12)13/h6,15H,4-5,14H2,1-3H3. The van der Waals surface area contributed by atoms with E-state index >= 15 is 0 Å². The Balaban J connectivity index is 2.80. The zero-order valence-corrected chi connectivity index (χ0v) is 10.1. The lowest BCUT2D eigenvalue weighted by Crippen LogP contribution is -2.25. The fourth-order valence-electron chi connectivity index (χ4n) is 1.61. The highest BCUT2D eigenvalue weighted by Crippen LogP contribution is 2.27. The van der Waals surface area contributed by atoms with Crippen LogP contribution in [0.5, 0.6) is 0 Å². The number of nitrogen functional groups attached to an aromatic ring is 1. The second-order valence-electron chi connectivity index (χ2n) is 4.03. The number of aryl methyl sites for hydroxylation is 2. The molecule has 0 aliphatic carbocycles. The van der Waals surface area contributed by atoms with Crippen molar-refractivity contribution in [3.63, 3.8) is 0 Å². The van der Waals surface area contributed by atoms with Crippen molar-refractivity contribution in [2.75, 3.05) is 11.1 Å². The fourth-order valence-corrected chi connectivity index (χ4v) is 1.61. The van der Waals surface area contributed by atoms with Crippen LogP contribution < -0.4 is 11.1 Å². The van der Waals surface area contributed by atoms with E-state index in [0.717, 1.165) is 0 Å². The zero-order chi connectivity index (χ0) is 13.2. The average molecular weight is 250 g/mol. The van der Waals surface area contributed by atoms with Crippen molar-refractivity contribution in [2.24, 2.45) is 0 Å². The molecule has 1 aromatic rings. The molecule has 0 amide bonds. The quantitative estimate of drug-likeness (QED) is 0.863. The SMILES string of the molecule is CCn1nc(C)c(N)c1NC(C)CC(F)(F)F. The van der Waals surface area contributed by atoms with Gasteiger partial charge in [-0.05, 0) is 20.8 Å². The van der Waals surface area contributed by atoms with Gasteiger partial charge in [0.15, 0.2) is 0 Å². The van der Waals surface area contributed by atoms with Crippen molar-refractivity contribution in [3.8, 4) is 0 Å². The normalized spacial score (nSPS) is 13.8. The van der Waals surface area contributed by atoms with Crippen LogP contribution in [-0.4, -0.2) is 22.0 Å². The van der Waals surface area contributed by atoms with Crippen molar-refractivity contribution in [1.29, 1.82) is 0 Å². The number of rotatable bonds is 4. The summed E-state index contributed by atoms with van der Waals surface area (Å²) >= 11 is 0. The van der Waals surface area contributed by atoms with E-state index in [2.05, 4.69) is 10.4 Å². The topological polar surface area (TPSA) is 55.9 Å². The van der Waals surface area contributed by atoms with Gasteiger partial charge in [0.1, 0.15) is 5.82 Å². The van der Waals surface area contributed by atoms with E-state index in [1.165, 1.54) is 6.92 Å². The molecule has 0 radical (unpaired) electrons. The number of anilines is 2. The van der Waals surface area contributed by atoms with E-state index in [0.29, 0.717) is 23.7 Å². The summed E-state index contributed by atoms with van der Waals surface area (Å²) in [7, 11) is 0. The Kier molecular flexibility index (Phi) is 3.90. The summed E-state index contributed by atoms with van der Waals surface area (Å²) in [6.07, 6.45) is -5.09. The Hall–Kier alpha value is -1.40. The lowest BCUT2D eigenvalue weighted by atomic mass is 10.2. The third kappa shape index (κ3) is 3.54. The van der Waals surface area contributed by atoms with Gasteiger partial charge in [0, 0.05) is 12.6 Å². The number of nitrogens with zero attached hydrogens (tertiary/aromatic N) is 2. The highest BCUT2D eigenvalue weighted by Gasteiger charge is 2.30. The summed E-state index contributed by atoms with van der Waals surface area (Å²) in [6.45, 7) is 5.60. The highest BCUT2D eigenvalue weighted by molar-refractivity contribution is 5.65. The van der Waals surface area contributed by atoms with Gasteiger partial charge in [-0.1, -0.05) is 0 Å². The summed E-state index contributed by atoms with van der Waals surface area (Å²) < 4.78 is 38.2. The Labute approximate surface area is 98.0 Å². The van der Waals surface area contributed by atoms with E-state index in [9.17, 15) is 13.2 Å². The van der Waals surface area contributed by atoms with Crippen LogP contribution in [0, 0.1) is 6.92 Å². The van der Waals surface area contributed by atoms with Gasteiger partial charge in [0.05, 0.1) is 17.8 Å². The molecular formula is C10H17F3N4. The molecule has 1 unspecified atom stereocenters. The minimum Gasteiger partial charge on any atom is -0.394 e. The summed E-state index contributed by atoms with van der Waals surface area (Å²) in [6, 6.07) is -0.737. The van der Waals surface area contributed by atoms with Gasteiger partial charge in [0.25, 0.3) is 0 Å². The Bertz CT molecular complexity index is 384. The molecule has 1 heterocycles. The van der Waals surface area contributed by atoms with Crippen molar-refractivity contribution in [2.45, 2.75) is 46.0 Å². The predicted molar refractivity (Wildman–Crippen MR) is 60.8 cm³/mol. The van der Waals surface area contributed by atoms with Crippen molar-refractivity contribution in [3.05, 3.63) is 5.69 Å². The smallest absolute Gasteiger partial charge is 0.391 e. The summed E-state index contributed by atoms with van der Waals surface area (Å²) in [5.41, 5.74) is 6.79. The molecule has 0 bridgehead atoms. The van der Waals surface area contributed by atoms with Gasteiger partial charge < -0.3 is 11.1 Å². The number of nitrogens with one attached hydrogen (secondary N) is 1. The Morgan fingerprint density at radius 2 is 2.06 bits per heavy atom. The van der Waals surface area contributed by atoms with Crippen molar-refractivity contribution < 1.29 is 13.2 Å². The molecule has 0 saturated carbocycles. The molecule has 3 N–H and O–H groups in total. The van der Waals surface area contributed by atoms with E-state index < -0.39 is 18.6 Å². The lowest BCUT2D eigenvalue weighted by molar-refractivity contribution is -0.136. The predicted octanol–water partition coefficient (Wildman–Crippen LogP) is 2.55. The number of alkyl halides is 3. The molecule has 4 nitrogen and oxygen atoms in total. The molecule has 0 aliphatic heterocycles. The molecule has 1 aromatic heterocycles. The number of hydrogen-bond donors (Lipinski definition) is 2. The van der Waals surface area contributed by atoms with E-state index in [1.54, 1.807) is 11.6 Å². The van der Waals surface area contributed by atoms with Crippen LogP contribution in [0.15, 0.2) is 0 Å². The van der Waals surface area contributed by atoms with Gasteiger partial charge in [0.2, 0.25) is 0 Å². The molecule has 1 atom stereocenters. The van der Waals surface area contributed by atoms with Crippen molar-refractivity contribution in [1.82, 2.24) is 9.78 Å². The maximum absolute atomic E-state index is 12.2. The van der Waals surface area contributed by atoms with E-state index in [1.807, 2.05) is 6.92 Å². The first-order chi connectivity index (χ1) is 7.74. The van der Waals surface area contributed by atoms with Crippen LogP contribution in [0.25, 0.3) is 0 Å². The highest BCUT2D eigenvalue weighted by atomic mass is 19.4. The molecule has 0 aliphatic rings. The lowest BCUT2D eigenvalue weighted by Gasteiger charge is -2.18. The molecule has 0 fully saturated rings. The Morgan fingerprint density at radius 1 is 1.47 bits per heavy atom. The monoisotopic (exact) mass is 250 g/mol. The second-order valence-corrected chi connectivity index (χ2v) is 4.03. The van der Waals surface area contributed by atoms with Crippen LogP contribution in [0.3, 0.4) is 0 Å². The second kappa shape index (κ2) is 4.85. The largest absolute Gasteiger partial charge is 0.394 e. The molecule has 98 valence electrons. The summed E-state index contributed by atoms with van der Waals surface area (Å²) in [5, 5.41) is 6.89. The van der Waals surface area contributed by atoms with E-state index in [-0.39, 0.29) is 0 Å². The number of aromatic nitrogens is 2. The van der Waals surface area contributed by atoms with Crippen LogP contribution in [0.1, 0.15) is 26.0 Å². The minimum atomic E-state index is -4.19. The molecule has 17 heavy (non-hydrogen) atoms. The van der Waals surface area contributed by atoms with E-state index in [4.69, 9.17) is 5.73 Å². The molecular weight excluding hydrogens is 233 g/mol. The maximum atomic E-state index is 12.2. The zero-order valence-electron chi connectivity index (χ0n) is 10.1. The number of hydrogen-bond acceptors (Lipinski definition) is 3. The first-order valence-electron chi connectivity index (χ1n) is 5.40. The molecule has 7 heteroatoms. The molecule has 0 aromatic carbocycles. The maximum Gasteiger partial charge on any atom is 0.391 e. The van der Waals surface area contributed by atoms with Crippen molar-refractivity contribution >= 4 is 11.5 Å². The molecule has 0 spiro atoms. The van der Waals surface area contributed by atoms with Gasteiger partial charge >= 0.3 is 6.18 Å². The van der Waals surface area contributed by atoms with Crippen LogP contribution in [-0.2, 0) is 6.54 Å². The number of nitrogens with two attached hydrogens (primary N) is 1. The van der Waals surface area contributed by atoms with Crippen LogP contribution >= 0.6 is 0 Å². The van der Waals surface area contributed by atoms with Gasteiger partial charge in [-0.2, -0.15) is 18.3 Å². The third-order valence-corrected chi connectivity index (χ3v) is 2.39. The summed E-state index contributed by atoms with van der Waals surface area (Å²) in [4.78, 5) is 0. The fraction of sp³-hybridized carbons (Fsp3) is 0.700. The first kappa shape index (κ1) is 13.7. The first-order valence-corrected chi connectivity index (χ1v) is 5.40. The summed E-state index contributed by atoms with van der Waals surface area (Å²) in [5.74, 6) is 0.460. The number of halogens is 3. The third-order valence-electron chi connectivity index (χ3n) is 2.39. The molecule has 1 rings (SSSR count). The van der Waals surface area contributed by atoms with Crippen LogP contribution in [0.4, 0.5) is 24.7 Å². The van der Waals surface area contributed by atoms with Gasteiger partial charge in [-0.25, -0.2) is 4.68 Å².